The van der Waals surface area contributed by atoms with Crippen LogP contribution in [0.2, 0.25) is 0 Å². The number of hydrogen-bond donors (Lipinski definition) is 1. The summed E-state index contributed by atoms with van der Waals surface area (Å²) >= 11 is 6.01. The van der Waals surface area contributed by atoms with Crippen molar-refractivity contribution in [3.63, 3.8) is 0 Å². The first-order valence-corrected chi connectivity index (χ1v) is 6.55. The first-order chi connectivity index (χ1) is 5.72. The van der Waals surface area contributed by atoms with Crippen LogP contribution >= 0.6 is 34.2 Å². The molecule has 0 nitrogen and oxygen atoms in total. The van der Waals surface area contributed by atoms with Crippen LogP contribution in [0, 0.1) is 0 Å². The molecule has 0 aromatic heterocycles. The summed E-state index contributed by atoms with van der Waals surface area (Å²) in [5.74, 6) is 0. The molecule has 0 saturated heterocycles. The number of thioether (sulfide) groups is 1. The summed E-state index contributed by atoms with van der Waals surface area (Å²) in [5.41, 5.74) is 0. The van der Waals surface area contributed by atoms with Crippen molar-refractivity contribution in [3.8, 4) is 0 Å². The van der Waals surface area contributed by atoms with Crippen LogP contribution in [0.25, 0.3) is 0 Å². The number of benzene rings is 1. The second-order valence-electron chi connectivity index (χ2n) is 2.73. The van der Waals surface area contributed by atoms with Gasteiger partial charge in [0.25, 0.3) is 0 Å². The van der Waals surface area contributed by atoms with E-state index in [4.69, 9.17) is 0 Å². The van der Waals surface area contributed by atoms with Crippen molar-refractivity contribution >= 4 is 34.2 Å². The van der Waals surface area contributed by atoms with Gasteiger partial charge in [-0.1, -0.05) is 24.6 Å². The summed E-state index contributed by atoms with van der Waals surface area (Å²) < 4.78 is 0. The lowest BCUT2D eigenvalue weighted by atomic mass is 10.4. The standard InChI is InChI=1S/C9H12S3/c1-7(2)11-8-3-5-9(12-10)6-4-8/h3-7,10H,1-2H3. The normalized spacial score (nSPS) is 10.7. The zero-order valence-electron chi connectivity index (χ0n) is 7.15. The number of rotatable bonds is 3. The predicted molar refractivity (Wildman–Crippen MR) is 62.3 cm³/mol. The smallest absolute Gasteiger partial charge is 0.0181 e. The molecule has 0 heterocycles. The van der Waals surface area contributed by atoms with Gasteiger partial charge in [-0.2, -0.15) is 0 Å². The van der Waals surface area contributed by atoms with Gasteiger partial charge in [0.1, 0.15) is 0 Å². The van der Waals surface area contributed by atoms with Crippen molar-refractivity contribution in [2.45, 2.75) is 28.9 Å². The molecule has 0 fully saturated rings. The van der Waals surface area contributed by atoms with E-state index in [1.807, 2.05) is 11.8 Å². The third-order valence-corrected chi connectivity index (χ3v) is 3.43. The van der Waals surface area contributed by atoms with Crippen LogP contribution in [0.3, 0.4) is 0 Å². The summed E-state index contributed by atoms with van der Waals surface area (Å²) in [4.78, 5) is 2.53. The molecule has 0 unspecified atom stereocenters. The molecule has 0 bridgehead atoms. The highest BCUT2D eigenvalue weighted by atomic mass is 33.1. The topological polar surface area (TPSA) is 0 Å². The van der Waals surface area contributed by atoms with Gasteiger partial charge in [0.2, 0.25) is 0 Å². The van der Waals surface area contributed by atoms with Gasteiger partial charge >= 0.3 is 0 Å². The van der Waals surface area contributed by atoms with Crippen LogP contribution in [0.15, 0.2) is 34.1 Å². The first kappa shape index (κ1) is 10.4. The molecule has 0 amide bonds. The molecular formula is C9H12S3. The summed E-state index contributed by atoms with van der Waals surface area (Å²) in [5, 5.41) is 0.652. The van der Waals surface area contributed by atoms with E-state index in [1.165, 1.54) is 20.6 Å². The zero-order chi connectivity index (χ0) is 8.97. The van der Waals surface area contributed by atoms with Crippen LogP contribution < -0.4 is 0 Å². The summed E-state index contributed by atoms with van der Waals surface area (Å²) in [6, 6.07) is 8.48. The van der Waals surface area contributed by atoms with Crippen molar-refractivity contribution in [1.29, 1.82) is 0 Å². The SMILES string of the molecule is CC(C)Sc1ccc(SS)cc1. The molecule has 0 atom stereocenters. The largest absolute Gasteiger partial charge is 0.123 e. The molecule has 66 valence electrons. The monoisotopic (exact) mass is 216 g/mol. The third kappa shape index (κ3) is 3.33. The van der Waals surface area contributed by atoms with Crippen LogP contribution in [0.4, 0.5) is 0 Å². The van der Waals surface area contributed by atoms with Crippen LogP contribution in [0.5, 0.6) is 0 Å². The molecular weight excluding hydrogens is 204 g/mol. The maximum atomic E-state index is 4.12. The lowest BCUT2D eigenvalue weighted by molar-refractivity contribution is 1.11. The van der Waals surface area contributed by atoms with Gasteiger partial charge in [-0.05, 0) is 24.3 Å². The molecule has 0 spiro atoms. The second-order valence-corrected chi connectivity index (χ2v) is 5.58. The van der Waals surface area contributed by atoms with Crippen molar-refractivity contribution < 1.29 is 0 Å². The van der Waals surface area contributed by atoms with Gasteiger partial charge in [0.15, 0.2) is 0 Å². The van der Waals surface area contributed by atoms with Gasteiger partial charge in [0.05, 0.1) is 0 Å². The Morgan fingerprint density at radius 3 is 2.00 bits per heavy atom. The highest BCUT2D eigenvalue weighted by Crippen LogP contribution is 2.27. The van der Waals surface area contributed by atoms with Crippen LogP contribution in [-0.4, -0.2) is 5.25 Å². The molecule has 0 N–H and O–H groups in total. The minimum Gasteiger partial charge on any atom is -0.123 e. The van der Waals surface area contributed by atoms with Crippen molar-refractivity contribution in [1.82, 2.24) is 0 Å². The first-order valence-electron chi connectivity index (χ1n) is 3.80. The summed E-state index contributed by atoms with van der Waals surface area (Å²) in [7, 11) is 1.48. The fraction of sp³-hybridized carbons (Fsp3) is 0.333. The maximum absolute atomic E-state index is 4.12. The lowest BCUT2D eigenvalue weighted by Gasteiger charge is -2.04. The quantitative estimate of drug-likeness (QED) is 0.458. The molecule has 0 aliphatic heterocycles. The van der Waals surface area contributed by atoms with Crippen LogP contribution in [-0.2, 0) is 0 Å². The molecule has 1 aromatic carbocycles. The zero-order valence-corrected chi connectivity index (χ0v) is 9.68. The maximum Gasteiger partial charge on any atom is 0.0181 e. The Bertz CT molecular complexity index is 228. The average molecular weight is 216 g/mol. The van der Waals surface area contributed by atoms with Gasteiger partial charge in [-0.25, -0.2) is 0 Å². The Morgan fingerprint density at radius 1 is 1.08 bits per heavy atom. The Kier molecular flexibility index (Phi) is 4.40. The summed E-state index contributed by atoms with van der Waals surface area (Å²) in [6.07, 6.45) is 0. The molecule has 3 heteroatoms. The van der Waals surface area contributed by atoms with Crippen molar-refractivity contribution in [2.24, 2.45) is 0 Å². The van der Waals surface area contributed by atoms with E-state index in [-0.39, 0.29) is 0 Å². The molecule has 0 radical (unpaired) electrons. The van der Waals surface area contributed by atoms with E-state index in [0.29, 0.717) is 5.25 Å². The number of hydrogen-bond acceptors (Lipinski definition) is 3. The Labute approximate surface area is 87.3 Å². The molecule has 0 aliphatic rings. The fourth-order valence-corrected chi connectivity index (χ4v) is 2.31. The van der Waals surface area contributed by atoms with E-state index >= 15 is 0 Å². The molecule has 0 aliphatic carbocycles. The van der Waals surface area contributed by atoms with E-state index < -0.39 is 0 Å². The lowest BCUT2D eigenvalue weighted by Crippen LogP contribution is -1.84. The van der Waals surface area contributed by atoms with Crippen molar-refractivity contribution in [2.75, 3.05) is 0 Å². The second kappa shape index (κ2) is 5.10. The fourth-order valence-electron chi connectivity index (χ4n) is 0.851. The van der Waals surface area contributed by atoms with Gasteiger partial charge in [-0.3, -0.25) is 0 Å². The van der Waals surface area contributed by atoms with Gasteiger partial charge in [-0.15, -0.1) is 23.4 Å². The molecule has 12 heavy (non-hydrogen) atoms. The summed E-state index contributed by atoms with van der Waals surface area (Å²) in [6.45, 7) is 4.40. The Hall–Kier alpha value is 0.270. The van der Waals surface area contributed by atoms with Gasteiger partial charge in [0, 0.05) is 15.0 Å². The van der Waals surface area contributed by atoms with E-state index in [0.717, 1.165) is 0 Å². The predicted octanol–water partition coefficient (Wildman–Crippen LogP) is 4.12. The molecule has 1 aromatic rings. The highest BCUT2D eigenvalue weighted by Gasteiger charge is 1.97. The minimum absolute atomic E-state index is 0.652. The highest BCUT2D eigenvalue weighted by molar-refractivity contribution is 8.68. The molecule has 1 rings (SSSR count). The number of thiol groups is 1. The molecule has 0 saturated carbocycles. The van der Waals surface area contributed by atoms with Gasteiger partial charge < -0.3 is 0 Å². The Balaban J connectivity index is 2.65. The van der Waals surface area contributed by atoms with E-state index in [9.17, 15) is 0 Å². The minimum atomic E-state index is 0.652. The average Bonchev–Trinajstić information content (AvgIpc) is 2.05. The third-order valence-electron chi connectivity index (χ3n) is 1.30. The van der Waals surface area contributed by atoms with Crippen LogP contribution in [0.1, 0.15) is 13.8 Å². The Morgan fingerprint density at radius 2 is 1.58 bits per heavy atom. The van der Waals surface area contributed by atoms with E-state index in [2.05, 4.69) is 49.8 Å². The van der Waals surface area contributed by atoms with Crippen molar-refractivity contribution in [3.05, 3.63) is 24.3 Å². The van der Waals surface area contributed by atoms with E-state index in [1.54, 1.807) is 0 Å².